The second kappa shape index (κ2) is 5.17. The Labute approximate surface area is 110 Å². The lowest BCUT2D eigenvalue weighted by Gasteiger charge is -2.36. The van der Waals surface area contributed by atoms with Gasteiger partial charge in [-0.2, -0.15) is 0 Å². The molecule has 2 amide bonds. The van der Waals surface area contributed by atoms with Crippen LogP contribution < -0.4 is 11.1 Å². The van der Waals surface area contributed by atoms with Gasteiger partial charge in [-0.3, -0.25) is 0 Å². The summed E-state index contributed by atoms with van der Waals surface area (Å²) in [6.07, 6.45) is -2.74. The fourth-order valence-corrected chi connectivity index (χ4v) is 2.19. The molecule has 3 unspecified atom stereocenters. The first-order chi connectivity index (χ1) is 8.99. The summed E-state index contributed by atoms with van der Waals surface area (Å²) in [5.74, 6) is 0. The molecule has 3 N–H and O–H groups in total. The molecule has 1 fully saturated rings. The minimum Gasteiger partial charge on any atom is -0.440 e. The zero-order chi connectivity index (χ0) is 14.0. The molecule has 1 aromatic rings. The van der Waals surface area contributed by atoms with E-state index in [0.717, 1.165) is 11.1 Å². The van der Waals surface area contributed by atoms with Gasteiger partial charge in [0, 0.05) is 0 Å². The maximum Gasteiger partial charge on any atom is 0.408 e. The summed E-state index contributed by atoms with van der Waals surface area (Å²) in [6, 6.07) is 7.08. The Hall–Kier alpha value is -2.24. The number of carbonyl (C=O) groups excluding carboxylic acids is 2. The fraction of sp³-hybridized carbons (Fsp3) is 0.385. The van der Waals surface area contributed by atoms with Crippen LogP contribution in [0.5, 0.6) is 0 Å². The number of nitrogens with one attached hydrogen (secondary N) is 1. The topological polar surface area (TPSA) is 90.7 Å². The van der Waals surface area contributed by atoms with E-state index in [1.54, 1.807) is 6.92 Å². The summed E-state index contributed by atoms with van der Waals surface area (Å²) >= 11 is 0. The number of cyclic esters (lactones) is 1. The highest BCUT2D eigenvalue weighted by atomic mass is 16.6. The number of benzene rings is 1. The van der Waals surface area contributed by atoms with Crippen LogP contribution >= 0.6 is 0 Å². The molecule has 6 nitrogen and oxygen atoms in total. The number of aryl methyl sites for hydroxylation is 1. The minimum atomic E-state index is -0.893. The Morgan fingerprint density at radius 3 is 2.74 bits per heavy atom. The number of carbonyl (C=O) groups is 2. The van der Waals surface area contributed by atoms with Crippen molar-refractivity contribution in [2.45, 2.75) is 32.1 Å². The van der Waals surface area contributed by atoms with E-state index >= 15 is 0 Å². The van der Waals surface area contributed by atoms with Crippen LogP contribution in [0.1, 0.15) is 24.2 Å². The molecule has 0 aliphatic carbocycles. The maximum atomic E-state index is 11.5. The van der Waals surface area contributed by atoms with Gasteiger partial charge in [-0.1, -0.05) is 24.3 Å². The molecule has 0 bridgehead atoms. The lowest BCUT2D eigenvalue weighted by Crippen LogP contribution is -2.53. The van der Waals surface area contributed by atoms with Crippen LogP contribution in [0.2, 0.25) is 0 Å². The molecule has 0 aromatic heterocycles. The minimum absolute atomic E-state index is 0.377. The van der Waals surface area contributed by atoms with Crippen LogP contribution in [-0.2, 0) is 9.47 Å². The normalized spacial score (nSPS) is 26.2. The van der Waals surface area contributed by atoms with E-state index in [4.69, 9.17) is 15.2 Å². The van der Waals surface area contributed by atoms with Gasteiger partial charge in [0.25, 0.3) is 0 Å². The van der Waals surface area contributed by atoms with Crippen molar-refractivity contribution in [1.29, 1.82) is 0 Å². The Balaban J connectivity index is 2.35. The van der Waals surface area contributed by atoms with Crippen LogP contribution in [0.15, 0.2) is 24.3 Å². The van der Waals surface area contributed by atoms with E-state index in [1.807, 2.05) is 31.2 Å². The average molecular weight is 264 g/mol. The van der Waals surface area contributed by atoms with Crippen LogP contribution in [-0.4, -0.2) is 24.3 Å². The predicted molar refractivity (Wildman–Crippen MR) is 67.5 cm³/mol. The summed E-state index contributed by atoms with van der Waals surface area (Å²) < 4.78 is 10.3. The summed E-state index contributed by atoms with van der Waals surface area (Å²) in [5.41, 5.74) is 6.82. The van der Waals surface area contributed by atoms with Crippen molar-refractivity contribution in [3.8, 4) is 0 Å². The number of hydrogen-bond donors (Lipinski definition) is 2. The molecular weight excluding hydrogens is 248 g/mol. The molecular formula is C13H16N2O4. The van der Waals surface area contributed by atoms with Gasteiger partial charge < -0.3 is 20.5 Å². The maximum absolute atomic E-state index is 11.5. The van der Waals surface area contributed by atoms with Gasteiger partial charge in [-0.15, -0.1) is 0 Å². The SMILES string of the molecule is Cc1ccccc1C1OC(=O)NC(C)C1OC(N)=O. The second-order valence-electron chi connectivity index (χ2n) is 4.52. The molecule has 0 spiro atoms. The van der Waals surface area contributed by atoms with Gasteiger partial charge in [-0.25, -0.2) is 9.59 Å². The summed E-state index contributed by atoms with van der Waals surface area (Å²) in [5, 5.41) is 2.56. The molecule has 1 aromatic carbocycles. The Morgan fingerprint density at radius 2 is 2.11 bits per heavy atom. The van der Waals surface area contributed by atoms with Crippen LogP contribution in [0.25, 0.3) is 0 Å². The highest BCUT2D eigenvalue weighted by Crippen LogP contribution is 2.31. The summed E-state index contributed by atoms with van der Waals surface area (Å²) in [4.78, 5) is 22.5. The van der Waals surface area contributed by atoms with Gasteiger partial charge in [0.05, 0.1) is 6.04 Å². The Kier molecular flexibility index (Phi) is 3.59. The third-order valence-electron chi connectivity index (χ3n) is 3.12. The third-order valence-corrected chi connectivity index (χ3v) is 3.12. The summed E-state index contributed by atoms with van der Waals surface area (Å²) in [6.45, 7) is 3.64. The lowest BCUT2D eigenvalue weighted by atomic mass is 9.95. The van der Waals surface area contributed by atoms with Crippen molar-refractivity contribution < 1.29 is 19.1 Å². The van der Waals surface area contributed by atoms with Crippen molar-refractivity contribution in [1.82, 2.24) is 5.32 Å². The summed E-state index contributed by atoms with van der Waals surface area (Å²) in [7, 11) is 0. The van der Waals surface area contributed by atoms with E-state index in [2.05, 4.69) is 5.32 Å². The molecule has 6 heteroatoms. The highest BCUT2D eigenvalue weighted by Gasteiger charge is 2.40. The fourth-order valence-electron chi connectivity index (χ4n) is 2.19. The monoisotopic (exact) mass is 264 g/mol. The van der Waals surface area contributed by atoms with Gasteiger partial charge in [0.2, 0.25) is 0 Å². The largest absolute Gasteiger partial charge is 0.440 e. The number of amides is 2. The van der Waals surface area contributed by atoms with E-state index in [1.165, 1.54) is 0 Å². The van der Waals surface area contributed by atoms with E-state index in [9.17, 15) is 9.59 Å². The Morgan fingerprint density at radius 1 is 1.42 bits per heavy atom. The van der Waals surface area contributed by atoms with Crippen LogP contribution in [0.4, 0.5) is 9.59 Å². The molecule has 2 rings (SSSR count). The number of alkyl carbamates (subject to hydrolysis) is 1. The second-order valence-corrected chi connectivity index (χ2v) is 4.52. The van der Waals surface area contributed by atoms with Crippen molar-refractivity contribution in [2.75, 3.05) is 0 Å². The first kappa shape index (κ1) is 13.2. The smallest absolute Gasteiger partial charge is 0.408 e. The van der Waals surface area contributed by atoms with Crippen molar-refractivity contribution in [3.63, 3.8) is 0 Å². The molecule has 0 saturated carbocycles. The van der Waals surface area contributed by atoms with Gasteiger partial charge in [0.15, 0.2) is 12.2 Å². The molecule has 102 valence electrons. The molecule has 1 aliphatic rings. The van der Waals surface area contributed by atoms with Crippen molar-refractivity contribution in [3.05, 3.63) is 35.4 Å². The number of ether oxygens (including phenoxy) is 2. The zero-order valence-electron chi connectivity index (χ0n) is 10.8. The molecule has 0 radical (unpaired) electrons. The number of nitrogens with two attached hydrogens (primary N) is 1. The van der Waals surface area contributed by atoms with Gasteiger partial charge >= 0.3 is 12.2 Å². The first-order valence-corrected chi connectivity index (χ1v) is 5.98. The Bertz CT molecular complexity index is 503. The van der Waals surface area contributed by atoms with Crippen LogP contribution in [0.3, 0.4) is 0 Å². The first-order valence-electron chi connectivity index (χ1n) is 5.98. The van der Waals surface area contributed by atoms with E-state index in [-0.39, 0.29) is 6.04 Å². The predicted octanol–water partition coefficient (Wildman–Crippen LogP) is 1.63. The average Bonchev–Trinajstić information content (AvgIpc) is 2.33. The number of primary amides is 1. The third kappa shape index (κ3) is 2.78. The van der Waals surface area contributed by atoms with Crippen LogP contribution in [0, 0.1) is 6.92 Å². The van der Waals surface area contributed by atoms with Crippen molar-refractivity contribution >= 4 is 12.2 Å². The molecule has 1 aliphatic heterocycles. The standard InChI is InChI=1S/C13H16N2O4/c1-7-5-3-4-6-9(7)11-10(18-12(14)16)8(2)15-13(17)19-11/h3-6,8,10-11H,1-2H3,(H2,14,16)(H,15,17). The van der Waals surface area contributed by atoms with E-state index < -0.39 is 24.4 Å². The molecule has 19 heavy (non-hydrogen) atoms. The number of rotatable bonds is 2. The quantitative estimate of drug-likeness (QED) is 0.849. The molecule has 3 atom stereocenters. The molecule has 1 saturated heterocycles. The van der Waals surface area contributed by atoms with Crippen molar-refractivity contribution in [2.24, 2.45) is 5.73 Å². The number of hydrogen-bond acceptors (Lipinski definition) is 4. The van der Waals surface area contributed by atoms with Gasteiger partial charge in [0.1, 0.15) is 0 Å². The zero-order valence-corrected chi connectivity index (χ0v) is 10.8. The van der Waals surface area contributed by atoms with Gasteiger partial charge in [-0.05, 0) is 25.0 Å². The molecule has 1 heterocycles. The highest BCUT2D eigenvalue weighted by molar-refractivity contribution is 5.70. The van der Waals surface area contributed by atoms with E-state index in [0.29, 0.717) is 0 Å². The lowest BCUT2D eigenvalue weighted by molar-refractivity contribution is -0.0466.